The van der Waals surface area contributed by atoms with E-state index >= 15 is 0 Å². The van der Waals surface area contributed by atoms with Crippen LogP contribution >= 0.6 is 15.9 Å². The first-order valence-corrected chi connectivity index (χ1v) is 14.6. The number of hydrogen-bond donors (Lipinski definition) is 0. The lowest BCUT2D eigenvalue weighted by atomic mass is 10.1. The number of pyridine rings is 1. The maximum Gasteiger partial charge on any atom is 0.339 e. The van der Waals surface area contributed by atoms with Crippen molar-refractivity contribution in [2.45, 2.75) is 31.7 Å². The van der Waals surface area contributed by atoms with Crippen LogP contribution in [0.5, 0.6) is 0 Å². The van der Waals surface area contributed by atoms with Crippen LogP contribution in [0.1, 0.15) is 51.0 Å². The Morgan fingerprint density at radius 1 is 1.05 bits per heavy atom. The summed E-state index contributed by atoms with van der Waals surface area (Å²) in [7, 11) is -2.00. The van der Waals surface area contributed by atoms with Gasteiger partial charge in [-0.25, -0.2) is 13.2 Å². The van der Waals surface area contributed by atoms with Gasteiger partial charge in [0.2, 0.25) is 10.0 Å². The van der Waals surface area contributed by atoms with Gasteiger partial charge in [0.05, 0.1) is 42.5 Å². The van der Waals surface area contributed by atoms with Gasteiger partial charge in [-0.1, -0.05) is 66.2 Å². The number of sulfonamides is 1. The lowest BCUT2D eigenvalue weighted by Crippen LogP contribution is -2.41. The van der Waals surface area contributed by atoms with E-state index in [0.717, 1.165) is 22.5 Å². The van der Waals surface area contributed by atoms with Crippen molar-refractivity contribution in [3.8, 4) is 0 Å². The molecule has 0 fully saturated rings. The number of hydrogen-bond acceptors (Lipinski definition) is 7. The third-order valence-corrected chi connectivity index (χ3v) is 9.18. The number of rotatable bonds is 11. The molecule has 1 heterocycles. The van der Waals surface area contributed by atoms with Gasteiger partial charge in [-0.2, -0.15) is 4.31 Å². The number of carbonyl (C=O) groups is 2. The highest BCUT2D eigenvalue weighted by atomic mass is 79.9. The molecule has 2 aromatic carbocycles. The fourth-order valence-corrected chi connectivity index (χ4v) is 6.41. The van der Waals surface area contributed by atoms with E-state index in [4.69, 9.17) is 9.47 Å². The van der Waals surface area contributed by atoms with Gasteiger partial charge in [-0.15, -0.1) is 6.58 Å². The van der Waals surface area contributed by atoms with E-state index in [2.05, 4.69) is 22.5 Å². The number of aromatic nitrogens is 1. The lowest BCUT2D eigenvalue weighted by molar-refractivity contribution is -0.140. The van der Waals surface area contributed by atoms with Crippen molar-refractivity contribution in [2.24, 2.45) is 0 Å². The van der Waals surface area contributed by atoms with E-state index in [9.17, 15) is 22.8 Å². The highest BCUT2D eigenvalue weighted by molar-refractivity contribution is 9.10. The minimum absolute atomic E-state index is 0.0349. The predicted molar refractivity (Wildman–Crippen MR) is 155 cm³/mol. The Bertz CT molecular complexity index is 1550. The molecule has 0 amide bonds. The quantitative estimate of drug-likeness (QED) is 0.226. The number of methoxy groups -OCH3 is 2. The fraction of sp³-hybridized carbons (Fsp3) is 0.276. The predicted octanol–water partition coefficient (Wildman–Crippen LogP) is 4.55. The number of halogens is 1. The van der Waals surface area contributed by atoms with E-state index in [1.165, 1.54) is 23.8 Å². The van der Waals surface area contributed by atoms with E-state index in [1.807, 2.05) is 25.1 Å². The molecule has 3 rings (SSSR count). The Balaban J connectivity index is 2.28. The van der Waals surface area contributed by atoms with Crippen LogP contribution in [-0.4, -0.2) is 50.0 Å². The molecule has 212 valence electrons. The van der Waals surface area contributed by atoms with Gasteiger partial charge in [0.25, 0.3) is 5.56 Å². The van der Waals surface area contributed by atoms with Gasteiger partial charge in [-0.3, -0.25) is 9.59 Å². The number of ether oxygens (including phenoxy) is 2. The maximum atomic E-state index is 14.1. The molecule has 2 unspecified atom stereocenters. The zero-order valence-electron chi connectivity index (χ0n) is 22.7. The third kappa shape index (κ3) is 6.60. The van der Waals surface area contributed by atoms with E-state index in [0.29, 0.717) is 5.56 Å². The minimum Gasteiger partial charge on any atom is -0.468 e. The molecule has 9 nitrogen and oxygen atoms in total. The topological polar surface area (TPSA) is 112 Å². The van der Waals surface area contributed by atoms with E-state index < -0.39 is 51.9 Å². The molecule has 0 saturated heterocycles. The molecule has 1 aromatic heterocycles. The van der Waals surface area contributed by atoms with Gasteiger partial charge in [0, 0.05) is 0 Å². The molecule has 0 spiro atoms. The first-order valence-electron chi connectivity index (χ1n) is 12.3. The van der Waals surface area contributed by atoms with Crippen molar-refractivity contribution in [3.05, 3.63) is 116 Å². The van der Waals surface area contributed by atoms with Crippen molar-refractivity contribution in [1.29, 1.82) is 0 Å². The standard InChI is InChI=1S/C29H31BrN2O7S/c1-6-26(22-14-12-19(2)13-15-22)40(36,37)31(18-27(33)38-4)17-25-23(29(35)39-5)16-24(30)28(34)32(25)20(3)21-10-8-7-9-11-21/h6-16,20,26H,1,17-18H2,2-5H3. The molecule has 0 aliphatic carbocycles. The van der Waals surface area contributed by atoms with Gasteiger partial charge in [-0.05, 0) is 47.0 Å². The van der Waals surface area contributed by atoms with Crippen molar-refractivity contribution in [1.82, 2.24) is 8.87 Å². The van der Waals surface area contributed by atoms with Crippen molar-refractivity contribution in [2.75, 3.05) is 20.8 Å². The Morgan fingerprint density at radius 2 is 1.68 bits per heavy atom. The molecule has 40 heavy (non-hydrogen) atoms. The van der Waals surface area contributed by atoms with Crippen molar-refractivity contribution in [3.63, 3.8) is 0 Å². The van der Waals surface area contributed by atoms with Crippen molar-refractivity contribution >= 4 is 37.9 Å². The second-order valence-electron chi connectivity index (χ2n) is 9.06. The molecule has 0 radical (unpaired) electrons. The van der Waals surface area contributed by atoms with Crippen LogP contribution in [0.25, 0.3) is 0 Å². The molecular formula is C29H31BrN2O7S. The second kappa shape index (κ2) is 13.2. The summed E-state index contributed by atoms with van der Waals surface area (Å²) in [4.78, 5) is 38.9. The average molecular weight is 632 g/mol. The van der Waals surface area contributed by atoms with Gasteiger partial charge in [0.1, 0.15) is 11.8 Å². The Kier molecular flexibility index (Phi) is 10.2. The van der Waals surface area contributed by atoms with Crippen molar-refractivity contribution < 1.29 is 27.5 Å². The molecular weight excluding hydrogens is 600 g/mol. The molecule has 0 bridgehead atoms. The van der Waals surface area contributed by atoms with Crippen LogP contribution in [0.2, 0.25) is 0 Å². The molecule has 0 aliphatic rings. The minimum atomic E-state index is -4.33. The SMILES string of the molecule is C=CC(c1ccc(C)cc1)S(=O)(=O)N(CC(=O)OC)Cc1c(C(=O)OC)cc(Br)c(=O)n1C(C)c1ccccc1. The van der Waals surface area contributed by atoms with Crippen LogP contribution in [0.3, 0.4) is 0 Å². The van der Waals surface area contributed by atoms with Crippen LogP contribution in [0.4, 0.5) is 0 Å². The number of carbonyl (C=O) groups excluding carboxylic acids is 2. The summed E-state index contributed by atoms with van der Waals surface area (Å²) in [5.74, 6) is -1.60. The van der Waals surface area contributed by atoms with E-state index in [1.54, 1.807) is 43.3 Å². The lowest BCUT2D eigenvalue weighted by Gasteiger charge is -2.29. The molecule has 0 saturated carbocycles. The summed E-state index contributed by atoms with van der Waals surface area (Å²) in [6.07, 6.45) is 1.27. The van der Waals surface area contributed by atoms with Crippen LogP contribution in [0, 0.1) is 6.92 Å². The van der Waals surface area contributed by atoms with E-state index in [-0.39, 0.29) is 15.7 Å². The Labute approximate surface area is 242 Å². The smallest absolute Gasteiger partial charge is 0.339 e. The van der Waals surface area contributed by atoms with Gasteiger partial charge in [0.15, 0.2) is 0 Å². The maximum absolute atomic E-state index is 14.1. The monoisotopic (exact) mass is 630 g/mol. The number of nitrogens with zero attached hydrogens (tertiary/aromatic N) is 2. The van der Waals surface area contributed by atoms with Gasteiger partial charge < -0.3 is 14.0 Å². The third-order valence-electron chi connectivity index (χ3n) is 6.53. The highest BCUT2D eigenvalue weighted by Crippen LogP contribution is 2.30. The summed E-state index contributed by atoms with van der Waals surface area (Å²) in [6.45, 7) is 6.19. The first-order chi connectivity index (χ1) is 19.0. The summed E-state index contributed by atoms with van der Waals surface area (Å²) in [5.41, 5.74) is 1.64. The molecule has 11 heteroatoms. The highest BCUT2D eigenvalue weighted by Gasteiger charge is 2.35. The summed E-state index contributed by atoms with van der Waals surface area (Å²) in [5, 5.41) is -1.22. The number of benzene rings is 2. The van der Waals surface area contributed by atoms with Crippen LogP contribution in [0.15, 0.2) is 82.6 Å². The first kappa shape index (κ1) is 31.0. The number of aryl methyl sites for hydroxylation is 1. The molecule has 3 aromatic rings. The Morgan fingerprint density at radius 3 is 2.23 bits per heavy atom. The zero-order chi connectivity index (χ0) is 29.6. The second-order valence-corrected chi connectivity index (χ2v) is 12.0. The number of esters is 2. The fourth-order valence-electron chi connectivity index (χ4n) is 4.34. The normalized spacial score (nSPS) is 12.9. The molecule has 0 N–H and O–H groups in total. The van der Waals surface area contributed by atoms with Crippen LogP contribution < -0.4 is 5.56 Å². The zero-order valence-corrected chi connectivity index (χ0v) is 25.1. The molecule has 2 atom stereocenters. The summed E-state index contributed by atoms with van der Waals surface area (Å²) >= 11 is 3.24. The Hall–Kier alpha value is -3.54. The average Bonchev–Trinajstić information content (AvgIpc) is 2.95. The summed E-state index contributed by atoms with van der Waals surface area (Å²) in [6, 6.07) is 16.6. The van der Waals surface area contributed by atoms with Crippen LogP contribution in [-0.2, 0) is 30.8 Å². The largest absolute Gasteiger partial charge is 0.468 e. The molecule has 0 aliphatic heterocycles. The summed E-state index contributed by atoms with van der Waals surface area (Å²) < 4.78 is 40.3. The van der Waals surface area contributed by atoms with Gasteiger partial charge >= 0.3 is 11.9 Å².